The van der Waals surface area contributed by atoms with Gasteiger partial charge in [-0.05, 0) is 39.7 Å². The van der Waals surface area contributed by atoms with Crippen molar-refractivity contribution in [2.45, 2.75) is 77.9 Å². The molecule has 0 aromatic heterocycles. The molecule has 0 bridgehead atoms. The molecule has 1 aliphatic heterocycles. The molecule has 0 unspecified atom stereocenters. The van der Waals surface area contributed by atoms with Crippen LogP contribution in [-0.2, 0) is 16.0 Å². The van der Waals surface area contributed by atoms with Gasteiger partial charge in [-0.2, -0.15) is 0 Å². The van der Waals surface area contributed by atoms with Crippen molar-refractivity contribution in [1.29, 1.82) is 0 Å². The zero-order valence-corrected chi connectivity index (χ0v) is 19.6. The van der Waals surface area contributed by atoms with Crippen molar-refractivity contribution >= 4 is 17.8 Å². The summed E-state index contributed by atoms with van der Waals surface area (Å²) >= 11 is 0. The summed E-state index contributed by atoms with van der Waals surface area (Å²) in [6.45, 7) is 11.2. The Labute approximate surface area is 186 Å². The van der Waals surface area contributed by atoms with Crippen LogP contribution >= 0.6 is 0 Å². The van der Waals surface area contributed by atoms with E-state index in [9.17, 15) is 14.4 Å². The van der Waals surface area contributed by atoms with Crippen LogP contribution in [0.15, 0.2) is 30.3 Å². The summed E-state index contributed by atoms with van der Waals surface area (Å²) in [6, 6.07) is 8.62. The van der Waals surface area contributed by atoms with E-state index in [2.05, 4.69) is 17.6 Å². The summed E-state index contributed by atoms with van der Waals surface area (Å²) in [5.74, 6) is 0.0467. The number of piperazine rings is 1. The quantitative estimate of drug-likeness (QED) is 0.698. The lowest BCUT2D eigenvalue weighted by atomic mass is 10.0. The van der Waals surface area contributed by atoms with Gasteiger partial charge in [0, 0.05) is 44.1 Å². The second-order valence-corrected chi connectivity index (χ2v) is 9.41. The standard InChI is InChI=1S/C24H38N4O3/c1-6-7-13-21(29)28-15-14-27(17-18(28)2)22(30)20(16-19-11-9-8-10-12-19)25-23(31)26-24(3,4)5/h8-12,18,20H,6-7,13-17H2,1-5H3,(H2,25,26,31)/t18-,20+/m0/s1. The third-order valence-corrected chi connectivity index (χ3v) is 5.38. The van der Waals surface area contributed by atoms with Gasteiger partial charge in [-0.15, -0.1) is 0 Å². The fourth-order valence-electron chi connectivity index (χ4n) is 3.81. The minimum atomic E-state index is -0.667. The molecule has 1 heterocycles. The van der Waals surface area contributed by atoms with E-state index in [0.29, 0.717) is 32.5 Å². The Balaban J connectivity index is 2.08. The van der Waals surface area contributed by atoms with E-state index >= 15 is 0 Å². The van der Waals surface area contributed by atoms with E-state index in [4.69, 9.17) is 0 Å². The van der Waals surface area contributed by atoms with E-state index in [-0.39, 0.29) is 23.9 Å². The molecule has 1 saturated heterocycles. The van der Waals surface area contributed by atoms with Gasteiger partial charge in [-0.1, -0.05) is 43.7 Å². The van der Waals surface area contributed by atoms with E-state index < -0.39 is 11.6 Å². The molecule has 1 aromatic rings. The SMILES string of the molecule is CCCCC(=O)N1CCN(C(=O)[C@@H](Cc2ccccc2)NC(=O)NC(C)(C)C)C[C@@H]1C. The van der Waals surface area contributed by atoms with Crippen LogP contribution in [0.1, 0.15) is 59.4 Å². The van der Waals surface area contributed by atoms with Crippen molar-refractivity contribution in [3.8, 4) is 0 Å². The molecule has 1 fully saturated rings. The van der Waals surface area contributed by atoms with Gasteiger partial charge in [0.15, 0.2) is 0 Å². The monoisotopic (exact) mass is 430 g/mol. The van der Waals surface area contributed by atoms with Crippen LogP contribution in [0.4, 0.5) is 4.79 Å². The first-order valence-electron chi connectivity index (χ1n) is 11.3. The zero-order chi connectivity index (χ0) is 23.0. The van der Waals surface area contributed by atoms with Crippen LogP contribution in [-0.4, -0.2) is 64.9 Å². The second kappa shape index (κ2) is 11.2. The van der Waals surface area contributed by atoms with Crippen molar-refractivity contribution in [1.82, 2.24) is 20.4 Å². The Hall–Kier alpha value is -2.57. The van der Waals surface area contributed by atoms with Crippen molar-refractivity contribution in [3.05, 3.63) is 35.9 Å². The summed E-state index contributed by atoms with van der Waals surface area (Å²) in [6.07, 6.45) is 2.85. The normalized spacial score (nSPS) is 17.8. The fraction of sp³-hybridized carbons (Fsp3) is 0.625. The van der Waals surface area contributed by atoms with Crippen LogP contribution in [0.2, 0.25) is 0 Å². The molecular weight excluding hydrogens is 392 g/mol. The number of hydrogen-bond acceptors (Lipinski definition) is 3. The number of nitrogens with zero attached hydrogens (tertiary/aromatic N) is 2. The lowest BCUT2D eigenvalue weighted by Gasteiger charge is -2.41. The Morgan fingerprint density at radius 3 is 2.39 bits per heavy atom. The first-order chi connectivity index (χ1) is 14.6. The molecule has 0 spiro atoms. The van der Waals surface area contributed by atoms with Gasteiger partial charge in [0.2, 0.25) is 11.8 Å². The Morgan fingerprint density at radius 1 is 1.13 bits per heavy atom. The molecule has 0 aliphatic carbocycles. The van der Waals surface area contributed by atoms with E-state index in [1.165, 1.54) is 0 Å². The van der Waals surface area contributed by atoms with Crippen LogP contribution in [0.5, 0.6) is 0 Å². The van der Waals surface area contributed by atoms with Crippen LogP contribution in [0.25, 0.3) is 0 Å². The maximum Gasteiger partial charge on any atom is 0.315 e. The number of hydrogen-bond donors (Lipinski definition) is 2. The highest BCUT2D eigenvalue weighted by molar-refractivity contribution is 5.88. The van der Waals surface area contributed by atoms with Gasteiger partial charge in [0.05, 0.1) is 0 Å². The number of carbonyl (C=O) groups is 3. The maximum absolute atomic E-state index is 13.4. The summed E-state index contributed by atoms with van der Waals surface area (Å²) in [5.41, 5.74) is 0.585. The number of carbonyl (C=O) groups excluding carboxylic acids is 3. The van der Waals surface area contributed by atoms with Gasteiger partial charge in [-0.25, -0.2) is 4.79 Å². The highest BCUT2D eigenvalue weighted by atomic mass is 16.2. The van der Waals surface area contributed by atoms with Gasteiger partial charge in [-0.3, -0.25) is 9.59 Å². The zero-order valence-electron chi connectivity index (χ0n) is 19.6. The summed E-state index contributed by atoms with van der Waals surface area (Å²) in [4.78, 5) is 42.0. The van der Waals surface area contributed by atoms with Crippen LogP contribution < -0.4 is 10.6 Å². The minimum Gasteiger partial charge on any atom is -0.337 e. The fourth-order valence-corrected chi connectivity index (χ4v) is 3.81. The Kier molecular flexibility index (Phi) is 8.89. The third kappa shape index (κ3) is 7.89. The lowest BCUT2D eigenvalue weighted by Crippen LogP contribution is -2.60. The van der Waals surface area contributed by atoms with Gasteiger partial charge < -0.3 is 20.4 Å². The van der Waals surface area contributed by atoms with E-state index in [1.54, 1.807) is 4.90 Å². The largest absolute Gasteiger partial charge is 0.337 e. The summed E-state index contributed by atoms with van der Waals surface area (Å²) < 4.78 is 0. The summed E-state index contributed by atoms with van der Waals surface area (Å²) in [7, 11) is 0. The average molecular weight is 431 g/mol. The first kappa shape index (κ1) is 24.7. The third-order valence-electron chi connectivity index (χ3n) is 5.38. The summed E-state index contributed by atoms with van der Waals surface area (Å²) in [5, 5.41) is 5.74. The molecule has 1 aromatic carbocycles. The number of benzene rings is 1. The van der Waals surface area contributed by atoms with Gasteiger partial charge in [0.25, 0.3) is 0 Å². The van der Waals surface area contributed by atoms with Crippen molar-refractivity contribution < 1.29 is 14.4 Å². The molecule has 2 atom stereocenters. The number of urea groups is 1. The highest BCUT2D eigenvalue weighted by Gasteiger charge is 2.33. The average Bonchev–Trinajstić information content (AvgIpc) is 2.70. The molecule has 1 aliphatic rings. The van der Waals surface area contributed by atoms with Crippen molar-refractivity contribution in [3.63, 3.8) is 0 Å². The molecule has 2 N–H and O–H groups in total. The minimum absolute atomic E-state index is 0.0390. The maximum atomic E-state index is 13.4. The number of rotatable bonds is 7. The highest BCUT2D eigenvalue weighted by Crippen LogP contribution is 2.15. The molecule has 7 heteroatoms. The van der Waals surface area contributed by atoms with Gasteiger partial charge >= 0.3 is 6.03 Å². The molecule has 2 rings (SSSR count). The smallest absolute Gasteiger partial charge is 0.315 e. The molecular formula is C24H38N4O3. The number of amides is 4. The first-order valence-corrected chi connectivity index (χ1v) is 11.3. The number of unbranched alkanes of at least 4 members (excludes halogenated alkanes) is 1. The molecule has 172 valence electrons. The van der Waals surface area contributed by atoms with Crippen LogP contribution in [0.3, 0.4) is 0 Å². The molecule has 0 saturated carbocycles. The molecule has 0 radical (unpaired) electrons. The topological polar surface area (TPSA) is 81.8 Å². The molecule has 31 heavy (non-hydrogen) atoms. The van der Waals surface area contributed by atoms with Crippen LogP contribution in [0, 0.1) is 0 Å². The molecule has 4 amide bonds. The van der Waals surface area contributed by atoms with Crippen molar-refractivity contribution in [2.75, 3.05) is 19.6 Å². The predicted molar refractivity (Wildman–Crippen MR) is 123 cm³/mol. The van der Waals surface area contributed by atoms with E-state index in [1.807, 2.05) is 62.9 Å². The second-order valence-electron chi connectivity index (χ2n) is 9.41. The predicted octanol–water partition coefficient (Wildman–Crippen LogP) is 2.94. The van der Waals surface area contributed by atoms with E-state index in [0.717, 1.165) is 18.4 Å². The molecule has 7 nitrogen and oxygen atoms in total. The van der Waals surface area contributed by atoms with Gasteiger partial charge in [0.1, 0.15) is 6.04 Å². The Morgan fingerprint density at radius 2 is 1.81 bits per heavy atom. The van der Waals surface area contributed by atoms with Crippen molar-refractivity contribution in [2.24, 2.45) is 0 Å². The Bertz CT molecular complexity index is 745. The lowest BCUT2D eigenvalue weighted by molar-refractivity contribution is -0.143. The number of nitrogens with one attached hydrogen (secondary N) is 2.